The molecule has 0 aliphatic heterocycles. The molecule has 1 heterocycles. The normalized spacial score (nSPS) is 9.83. The topological polar surface area (TPSA) is 76.3 Å². The van der Waals surface area contributed by atoms with Crippen molar-refractivity contribution in [1.82, 2.24) is 4.98 Å². The molecule has 12 heavy (non-hydrogen) atoms. The summed E-state index contributed by atoms with van der Waals surface area (Å²) in [5, 5.41) is 19.1. The minimum absolute atomic E-state index is 0.166. The first kappa shape index (κ1) is 9.08. The number of nitro groups is 1. The van der Waals surface area contributed by atoms with Crippen LogP contribution in [0.1, 0.15) is 5.56 Å². The molecule has 1 aromatic rings. The van der Waals surface area contributed by atoms with E-state index in [1.165, 1.54) is 6.07 Å². The highest BCUT2D eigenvalue weighted by molar-refractivity contribution is 9.10. The Morgan fingerprint density at radius 2 is 2.42 bits per heavy atom. The van der Waals surface area contributed by atoms with Crippen molar-refractivity contribution in [2.45, 2.75) is 6.61 Å². The van der Waals surface area contributed by atoms with Crippen molar-refractivity contribution in [3.05, 3.63) is 32.5 Å². The zero-order valence-electron chi connectivity index (χ0n) is 5.90. The van der Waals surface area contributed by atoms with Crippen LogP contribution in [0.5, 0.6) is 0 Å². The van der Waals surface area contributed by atoms with Gasteiger partial charge in [-0.3, -0.25) is 10.1 Å². The number of nitrogens with zero attached hydrogens (tertiary/aromatic N) is 2. The summed E-state index contributed by atoms with van der Waals surface area (Å²) in [4.78, 5) is 13.4. The van der Waals surface area contributed by atoms with Crippen LogP contribution >= 0.6 is 15.9 Å². The molecular weight excluding hydrogens is 228 g/mol. The average molecular weight is 233 g/mol. The number of halogens is 1. The van der Waals surface area contributed by atoms with Crippen molar-refractivity contribution in [2.24, 2.45) is 0 Å². The van der Waals surface area contributed by atoms with E-state index in [2.05, 4.69) is 20.9 Å². The van der Waals surface area contributed by atoms with E-state index in [9.17, 15) is 10.1 Å². The molecule has 0 bridgehead atoms. The van der Waals surface area contributed by atoms with Crippen LogP contribution in [-0.4, -0.2) is 15.0 Å². The Morgan fingerprint density at radius 3 is 2.92 bits per heavy atom. The fourth-order valence-electron chi connectivity index (χ4n) is 0.752. The second-order valence-corrected chi connectivity index (χ2v) is 2.86. The third kappa shape index (κ3) is 1.77. The van der Waals surface area contributed by atoms with Gasteiger partial charge in [-0.25, -0.2) is 4.98 Å². The Morgan fingerprint density at radius 1 is 1.75 bits per heavy atom. The zero-order chi connectivity index (χ0) is 9.14. The number of hydrogen-bond donors (Lipinski definition) is 1. The number of rotatable bonds is 2. The van der Waals surface area contributed by atoms with Crippen molar-refractivity contribution >= 4 is 21.6 Å². The van der Waals surface area contributed by atoms with Crippen LogP contribution in [0.4, 0.5) is 5.69 Å². The standard InChI is InChI=1S/C6H5BrN2O3/c7-6-1-4(3-10)5(2-8-6)9(11)12/h1-2,10H,3H2. The molecule has 0 amide bonds. The van der Waals surface area contributed by atoms with Crippen molar-refractivity contribution in [3.63, 3.8) is 0 Å². The van der Waals surface area contributed by atoms with Gasteiger partial charge in [0.25, 0.3) is 5.69 Å². The summed E-state index contributed by atoms with van der Waals surface area (Å²) >= 11 is 3.04. The Balaban J connectivity index is 3.20. The van der Waals surface area contributed by atoms with Crippen LogP contribution in [0.2, 0.25) is 0 Å². The van der Waals surface area contributed by atoms with Crippen LogP contribution in [0.15, 0.2) is 16.9 Å². The molecule has 0 spiro atoms. The Kier molecular flexibility index (Phi) is 2.72. The summed E-state index contributed by atoms with van der Waals surface area (Å²) in [6.07, 6.45) is 1.11. The van der Waals surface area contributed by atoms with Gasteiger partial charge in [0.15, 0.2) is 0 Å². The maximum absolute atomic E-state index is 10.3. The second-order valence-electron chi connectivity index (χ2n) is 2.05. The number of hydrogen-bond acceptors (Lipinski definition) is 4. The highest BCUT2D eigenvalue weighted by Gasteiger charge is 2.13. The monoisotopic (exact) mass is 232 g/mol. The van der Waals surface area contributed by atoms with Crippen LogP contribution in [0, 0.1) is 10.1 Å². The molecule has 64 valence electrons. The zero-order valence-corrected chi connectivity index (χ0v) is 7.48. The summed E-state index contributed by atoms with van der Waals surface area (Å²) in [6.45, 7) is -0.364. The molecule has 0 aromatic carbocycles. The highest BCUT2D eigenvalue weighted by Crippen LogP contribution is 2.19. The van der Waals surface area contributed by atoms with Crippen LogP contribution in [0.25, 0.3) is 0 Å². The number of aliphatic hydroxyl groups excluding tert-OH is 1. The molecule has 0 fully saturated rings. The average Bonchev–Trinajstić information content (AvgIpc) is 2.03. The van der Waals surface area contributed by atoms with Crippen molar-refractivity contribution in [1.29, 1.82) is 0 Å². The highest BCUT2D eigenvalue weighted by atomic mass is 79.9. The molecule has 6 heteroatoms. The lowest BCUT2D eigenvalue weighted by Gasteiger charge is -1.97. The van der Waals surface area contributed by atoms with E-state index < -0.39 is 4.92 Å². The molecule has 1 rings (SSSR count). The van der Waals surface area contributed by atoms with Crippen molar-refractivity contribution in [3.8, 4) is 0 Å². The van der Waals surface area contributed by atoms with Gasteiger partial charge in [-0.05, 0) is 22.0 Å². The van der Waals surface area contributed by atoms with Gasteiger partial charge < -0.3 is 5.11 Å². The third-order valence-corrected chi connectivity index (χ3v) is 1.73. The van der Waals surface area contributed by atoms with E-state index in [1.807, 2.05) is 0 Å². The van der Waals surface area contributed by atoms with Crippen molar-refractivity contribution < 1.29 is 10.0 Å². The fraction of sp³-hybridized carbons (Fsp3) is 0.167. The molecule has 1 aromatic heterocycles. The van der Waals surface area contributed by atoms with Gasteiger partial charge in [0.05, 0.1) is 17.1 Å². The minimum atomic E-state index is -0.578. The summed E-state index contributed by atoms with van der Waals surface area (Å²) in [7, 11) is 0. The summed E-state index contributed by atoms with van der Waals surface area (Å²) in [6, 6.07) is 1.41. The molecule has 0 aliphatic carbocycles. The lowest BCUT2D eigenvalue weighted by molar-refractivity contribution is -0.386. The maximum atomic E-state index is 10.3. The predicted octanol–water partition coefficient (Wildman–Crippen LogP) is 1.24. The molecule has 0 radical (unpaired) electrons. The molecule has 0 atom stereocenters. The quantitative estimate of drug-likeness (QED) is 0.473. The predicted molar refractivity (Wildman–Crippen MR) is 44.5 cm³/mol. The van der Waals surface area contributed by atoms with E-state index in [0.29, 0.717) is 4.60 Å². The van der Waals surface area contributed by atoms with Gasteiger partial charge in [-0.15, -0.1) is 0 Å². The van der Waals surface area contributed by atoms with Crippen LogP contribution < -0.4 is 0 Å². The molecule has 5 nitrogen and oxygen atoms in total. The van der Waals surface area contributed by atoms with E-state index in [1.54, 1.807) is 0 Å². The Hall–Kier alpha value is -1.01. The number of pyridine rings is 1. The summed E-state index contributed by atoms with van der Waals surface area (Å²) < 4.78 is 0.470. The molecule has 0 saturated carbocycles. The summed E-state index contributed by atoms with van der Waals surface area (Å²) in [5.74, 6) is 0. The lowest BCUT2D eigenvalue weighted by Crippen LogP contribution is -1.96. The van der Waals surface area contributed by atoms with E-state index in [0.717, 1.165) is 6.20 Å². The van der Waals surface area contributed by atoms with E-state index in [4.69, 9.17) is 5.11 Å². The van der Waals surface area contributed by atoms with Gasteiger partial charge >= 0.3 is 0 Å². The smallest absolute Gasteiger partial charge is 0.293 e. The first-order chi connectivity index (χ1) is 5.65. The Bertz CT molecular complexity index is 316. The van der Waals surface area contributed by atoms with Crippen molar-refractivity contribution in [2.75, 3.05) is 0 Å². The summed E-state index contributed by atoms with van der Waals surface area (Å²) in [5.41, 5.74) is 0.0857. The molecular formula is C6H5BrN2O3. The first-order valence-corrected chi connectivity index (χ1v) is 3.84. The van der Waals surface area contributed by atoms with Gasteiger partial charge in [0.1, 0.15) is 10.8 Å². The SMILES string of the molecule is O=[N+]([O-])c1cnc(Br)cc1CO. The fourth-order valence-corrected chi connectivity index (χ4v) is 1.13. The molecule has 0 aliphatic rings. The molecule has 0 unspecified atom stereocenters. The van der Waals surface area contributed by atoms with E-state index in [-0.39, 0.29) is 17.9 Å². The van der Waals surface area contributed by atoms with Gasteiger partial charge in [-0.1, -0.05) is 0 Å². The van der Waals surface area contributed by atoms with Gasteiger partial charge in [0.2, 0.25) is 0 Å². The van der Waals surface area contributed by atoms with Gasteiger partial charge in [0, 0.05) is 0 Å². The Labute approximate surface area is 76.3 Å². The minimum Gasteiger partial charge on any atom is -0.391 e. The van der Waals surface area contributed by atoms with Crippen LogP contribution in [-0.2, 0) is 6.61 Å². The lowest BCUT2D eigenvalue weighted by atomic mass is 10.2. The van der Waals surface area contributed by atoms with Crippen LogP contribution in [0.3, 0.4) is 0 Å². The maximum Gasteiger partial charge on any atom is 0.293 e. The largest absolute Gasteiger partial charge is 0.391 e. The second kappa shape index (κ2) is 3.59. The van der Waals surface area contributed by atoms with Gasteiger partial charge in [-0.2, -0.15) is 0 Å². The number of aliphatic hydroxyl groups is 1. The first-order valence-electron chi connectivity index (χ1n) is 3.05. The number of aromatic nitrogens is 1. The molecule has 0 saturated heterocycles. The van der Waals surface area contributed by atoms with E-state index >= 15 is 0 Å². The third-order valence-electron chi connectivity index (χ3n) is 1.30. The molecule has 1 N–H and O–H groups in total.